The molecule has 1 heterocycles. The molecule has 3 rings (SSSR count). The van der Waals surface area contributed by atoms with Gasteiger partial charge in [-0.1, -0.05) is 13.3 Å². The lowest BCUT2D eigenvalue weighted by molar-refractivity contribution is 0.318. The summed E-state index contributed by atoms with van der Waals surface area (Å²) < 4.78 is 0. The number of hydrogen-bond donors (Lipinski definition) is 0. The Morgan fingerprint density at radius 1 is 1.12 bits per heavy atom. The summed E-state index contributed by atoms with van der Waals surface area (Å²) in [6.45, 7) is 2.33. The average Bonchev–Trinajstić information content (AvgIpc) is 3.08. The maximum absolute atomic E-state index is 4.87. The van der Waals surface area contributed by atoms with Gasteiger partial charge >= 0.3 is 0 Å². The van der Waals surface area contributed by atoms with Crippen LogP contribution in [0.1, 0.15) is 74.4 Å². The van der Waals surface area contributed by atoms with Gasteiger partial charge in [-0.05, 0) is 44.4 Å². The van der Waals surface area contributed by atoms with Crippen LogP contribution in [0.15, 0.2) is 5.38 Å². The molecule has 0 unspecified atom stereocenters. The molecule has 2 aliphatic rings. The third-order valence-corrected chi connectivity index (χ3v) is 5.33. The lowest BCUT2D eigenvalue weighted by Crippen LogP contribution is -2.12. The van der Waals surface area contributed by atoms with Crippen molar-refractivity contribution in [2.45, 2.75) is 63.7 Å². The van der Waals surface area contributed by atoms with E-state index in [1.165, 1.54) is 55.6 Å². The van der Waals surface area contributed by atoms with Crippen LogP contribution >= 0.6 is 11.3 Å². The Bertz CT molecular complexity index is 345. The van der Waals surface area contributed by atoms with Crippen molar-refractivity contribution < 1.29 is 0 Å². The Balaban J connectivity index is 1.63. The van der Waals surface area contributed by atoms with Crippen LogP contribution in [0.5, 0.6) is 0 Å². The zero-order chi connectivity index (χ0) is 11.0. The third kappa shape index (κ3) is 2.17. The molecule has 0 radical (unpaired) electrons. The van der Waals surface area contributed by atoms with Crippen LogP contribution in [0.3, 0.4) is 0 Å². The maximum Gasteiger partial charge on any atom is 0.0959 e. The van der Waals surface area contributed by atoms with Gasteiger partial charge in [0.05, 0.1) is 10.7 Å². The van der Waals surface area contributed by atoms with Crippen LogP contribution in [0.25, 0.3) is 0 Å². The van der Waals surface area contributed by atoms with Crippen LogP contribution in [0, 0.1) is 5.92 Å². The molecule has 0 atom stereocenters. The molecular formula is C14H21NS. The SMILES string of the molecule is CCC1CCC(c2nc(C3CC3)cs2)CC1. The van der Waals surface area contributed by atoms with Crippen LogP contribution in [0.4, 0.5) is 0 Å². The van der Waals surface area contributed by atoms with E-state index in [0.717, 1.165) is 17.8 Å². The predicted octanol–water partition coefficient (Wildman–Crippen LogP) is 4.70. The minimum atomic E-state index is 0.792. The highest BCUT2D eigenvalue weighted by atomic mass is 32.1. The van der Waals surface area contributed by atoms with Crippen molar-refractivity contribution >= 4 is 11.3 Å². The number of rotatable bonds is 3. The fourth-order valence-electron chi connectivity index (χ4n) is 2.87. The standard InChI is InChI=1S/C14H21NS/c1-2-10-3-5-12(6-4-10)14-15-13(9-16-14)11-7-8-11/h9-12H,2-8H2,1H3. The molecule has 16 heavy (non-hydrogen) atoms. The largest absolute Gasteiger partial charge is 0.246 e. The highest BCUT2D eigenvalue weighted by Crippen LogP contribution is 2.43. The second kappa shape index (κ2) is 4.48. The number of thiazole rings is 1. The Morgan fingerprint density at radius 3 is 2.44 bits per heavy atom. The quantitative estimate of drug-likeness (QED) is 0.739. The van der Waals surface area contributed by atoms with Gasteiger partial charge in [-0.25, -0.2) is 4.98 Å². The second-order valence-electron chi connectivity index (χ2n) is 5.51. The topological polar surface area (TPSA) is 12.9 Å². The number of nitrogens with zero attached hydrogens (tertiary/aromatic N) is 1. The molecule has 1 aromatic rings. The normalized spacial score (nSPS) is 30.6. The van der Waals surface area contributed by atoms with E-state index >= 15 is 0 Å². The van der Waals surface area contributed by atoms with Gasteiger partial charge < -0.3 is 0 Å². The summed E-state index contributed by atoms with van der Waals surface area (Å²) in [4.78, 5) is 4.87. The van der Waals surface area contributed by atoms with Crippen molar-refractivity contribution in [3.8, 4) is 0 Å². The first kappa shape index (κ1) is 10.8. The molecule has 0 saturated heterocycles. The van der Waals surface area contributed by atoms with E-state index < -0.39 is 0 Å². The fraction of sp³-hybridized carbons (Fsp3) is 0.786. The summed E-state index contributed by atoms with van der Waals surface area (Å²) in [7, 11) is 0. The van der Waals surface area contributed by atoms with Crippen molar-refractivity contribution in [3.05, 3.63) is 16.1 Å². The molecule has 2 heteroatoms. The van der Waals surface area contributed by atoms with Crippen molar-refractivity contribution in [2.75, 3.05) is 0 Å². The van der Waals surface area contributed by atoms with E-state index in [0.29, 0.717) is 0 Å². The Hall–Kier alpha value is -0.370. The van der Waals surface area contributed by atoms with Gasteiger partial charge in [-0.3, -0.25) is 0 Å². The van der Waals surface area contributed by atoms with E-state index in [1.54, 1.807) is 0 Å². The summed E-state index contributed by atoms with van der Waals surface area (Å²) in [5.41, 5.74) is 1.40. The lowest BCUT2D eigenvalue weighted by Gasteiger charge is -2.26. The van der Waals surface area contributed by atoms with E-state index in [-0.39, 0.29) is 0 Å². The molecule has 1 nitrogen and oxygen atoms in total. The minimum absolute atomic E-state index is 0.792. The highest BCUT2D eigenvalue weighted by molar-refractivity contribution is 7.09. The molecule has 1 aromatic heterocycles. The summed E-state index contributed by atoms with van der Waals surface area (Å²) >= 11 is 1.92. The van der Waals surface area contributed by atoms with Gasteiger partial charge in [0.1, 0.15) is 0 Å². The average molecular weight is 235 g/mol. The molecule has 2 aliphatic carbocycles. The van der Waals surface area contributed by atoms with E-state index in [1.807, 2.05) is 11.3 Å². The van der Waals surface area contributed by atoms with Gasteiger partial charge in [0.2, 0.25) is 0 Å². The summed E-state index contributed by atoms with van der Waals surface area (Å²) in [6, 6.07) is 0. The summed E-state index contributed by atoms with van der Waals surface area (Å²) in [5.74, 6) is 2.62. The number of aromatic nitrogens is 1. The Morgan fingerprint density at radius 2 is 1.81 bits per heavy atom. The first-order chi connectivity index (χ1) is 7.86. The minimum Gasteiger partial charge on any atom is -0.246 e. The molecule has 0 spiro atoms. The van der Waals surface area contributed by atoms with E-state index in [4.69, 9.17) is 4.98 Å². The second-order valence-corrected chi connectivity index (χ2v) is 6.40. The van der Waals surface area contributed by atoms with Crippen molar-refractivity contribution in [1.29, 1.82) is 0 Å². The van der Waals surface area contributed by atoms with Crippen LogP contribution in [0.2, 0.25) is 0 Å². The smallest absolute Gasteiger partial charge is 0.0959 e. The first-order valence-electron chi connectivity index (χ1n) is 6.82. The molecule has 0 aromatic carbocycles. The first-order valence-corrected chi connectivity index (χ1v) is 7.70. The van der Waals surface area contributed by atoms with Crippen molar-refractivity contribution in [1.82, 2.24) is 4.98 Å². The molecule has 88 valence electrons. The zero-order valence-electron chi connectivity index (χ0n) is 10.1. The van der Waals surface area contributed by atoms with Gasteiger partial charge in [-0.15, -0.1) is 11.3 Å². The van der Waals surface area contributed by atoms with Crippen molar-refractivity contribution in [2.24, 2.45) is 5.92 Å². The third-order valence-electron chi connectivity index (χ3n) is 4.31. The molecule has 0 aliphatic heterocycles. The van der Waals surface area contributed by atoms with Gasteiger partial charge in [0, 0.05) is 17.2 Å². The van der Waals surface area contributed by atoms with Crippen LogP contribution in [-0.2, 0) is 0 Å². The zero-order valence-corrected chi connectivity index (χ0v) is 10.9. The van der Waals surface area contributed by atoms with Gasteiger partial charge in [0.15, 0.2) is 0 Å². The van der Waals surface area contributed by atoms with E-state index in [2.05, 4.69) is 12.3 Å². The predicted molar refractivity (Wildman–Crippen MR) is 69.1 cm³/mol. The lowest BCUT2D eigenvalue weighted by atomic mass is 9.81. The molecule has 0 amide bonds. The Labute approximate surface area is 102 Å². The van der Waals surface area contributed by atoms with Gasteiger partial charge in [0.25, 0.3) is 0 Å². The molecule has 0 N–H and O–H groups in total. The fourth-order valence-corrected chi connectivity index (χ4v) is 3.95. The van der Waals surface area contributed by atoms with Crippen LogP contribution < -0.4 is 0 Å². The molecule has 2 fully saturated rings. The Kier molecular flexibility index (Phi) is 3.01. The summed E-state index contributed by atoms with van der Waals surface area (Å²) in [5, 5.41) is 3.76. The van der Waals surface area contributed by atoms with Gasteiger partial charge in [-0.2, -0.15) is 0 Å². The van der Waals surface area contributed by atoms with E-state index in [9.17, 15) is 0 Å². The molecular weight excluding hydrogens is 214 g/mol. The summed E-state index contributed by atoms with van der Waals surface area (Å²) in [6.07, 6.45) is 9.76. The van der Waals surface area contributed by atoms with Crippen molar-refractivity contribution in [3.63, 3.8) is 0 Å². The number of hydrogen-bond acceptors (Lipinski definition) is 2. The monoisotopic (exact) mass is 235 g/mol. The molecule has 2 saturated carbocycles. The highest BCUT2D eigenvalue weighted by Gasteiger charge is 2.28. The maximum atomic E-state index is 4.87. The molecule has 0 bridgehead atoms. The van der Waals surface area contributed by atoms with Crippen LogP contribution in [-0.4, -0.2) is 4.98 Å².